The second-order valence-electron chi connectivity index (χ2n) is 4.67. The minimum Gasteiger partial charge on any atom is -0.330 e. The maximum absolute atomic E-state index is 5.50. The van der Waals surface area contributed by atoms with Crippen LogP contribution in [-0.2, 0) is 6.42 Å². The molecule has 1 aromatic heterocycles. The lowest BCUT2D eigenvalue weighted by Gasteiger charge is -2.02. The average Bonchev–Trinajstić information content (AvgIpc) is 2.82. The second-order valence-corrected chi connectivity index (χ2v) is 5.61. The Hall–Kier alpha value is -1.19. The number of nitrogens with two attached hydrogens (primary N) is 1. The van der Waals surface area contributed by atoms with Crippen LogP contribution in [0.25, 0.3) is 11.3 Å². The summed E-state index contributed by atoms with van der Waals surface area (Å²) in [5.41, 5.74) is 10.5. The van der Waals surface area contributed by atoms with E-state index in [0.717, 1.165) is 31.5 Å². The van der Waals surface area contributed by atoms with E-state index in [9.17, 15) is 0 Å². The van der Waals surface area contributed by atoms with Crippen LogP contribution in [0.5, 0.6) is 0 Å². The van der Waals surface area contributed by atoms with E-state index >= 15 is 0 Å². The molecule has 0 fully saturated rings. The molecular weight excluding hydrogens is 240 g/mol. The molecule has 0 saturated carbocycles. The Bertz CT molecular complexity index is 517. The Kier molecular flexibility index (Phi) is 4.50. The maximum atomic E-state index is 5.50. The first-order valence-corrected chi connectivity index (χ1v) is 7.31. The minimum absolute atomic E-state index is 0.773. The van der Waals surface area contributed by atoms with Gasteiger partial charge in [-0.3, -0.25) is 0 Å². The van der Waals surface area contributed by atoms with Crippen molar-refractivity contribution in [1.29, 1.82) is 0 Å². The van der Waals surface area contributed by atoms with Gasteiger partial charge in [-0.05, 0) is 56.8 Å². The number of unbranched alkanes of at least 4 members (excludes halogenated alkanes) is 1. The molecule has 0 aliphatic heterocycles. The van der Waals surface area contributed by atoms with Gasteiger partial charge in [-0.2, -0.15) is 0 Å². The lowest BCUT2D eigenvalue weighted by Crippen LogP contribution is -1.98. The van der Waals surface area contributed by atoms with E-state index < -0.39 is 0 Å². The predicted octanol–water partition coefficient (Wildman–Crippen LogP) is 3.71. The molecule has 0 bridgehead atoms. The van der Waals surface area contributed by atoms with Crippen molar-refractivity contribution in [2.45, 2.75) is 33.1 Å². The number of hydrogen-bond acceptors (Lipinski definition) is 3. The molecule has 3 heteroatoms. The van der Waals surface area contributed by atoms with Gasteiger partial charge in [0.1, 0.15) is 0 Å². The van der Waals surface area contributed by atoms with Crippen molar-refractivity contribution >= 4 is 11.3 Å². The summed E-state index contributed by atoms with van der Waals surface area (Å²) in [6.45, 7) is 5.06. The average molecular weight is 260 g/mol. The molecule has 0 amide bonds. The highest BCUT2D eigenvalue weighted by atomic mass is 32.1. The number of nitrogens with zero attached hydrogens (tertiary/aromatic N) is 1. The molecule has 2 N–H and O–H groups in total. The molecule has 2 aromatic rings. The van der Waals surface area contributed by atoms with Gasteiger partial charge in [-0.15, -0.1) is 11.3 Å². The summed E-state index contributed by atoms with van der Waals surface area (Å²) in [4.78, 5) is 4.70. The van der Waals surface area contributed by atoms with E-state index in [1.54, 1.807) is 11.3 Å². The lowest BCUT2D eigenvalue weighted by molar-refractivity contribution is 0.742. The molecule has 0 atom stereocenters. The highest BCUT2D eigenvalue weighted by Gasteiger charge is 2.05. The van der Waals surface area contributed by atoms with Crippen LogP contribution in [0.4, 0.5) is 0 Å². The fraction of sp³-hybridized carbons (Fsp3) is 0.400. The summed E-state index contributed by atoms with van der Waals surface area (Å²) in [6, 6.07) is 6.53. The van der Waals surface area contributed by atoms with E-state index in [0.29, 0.717) is 0 Å². The van der Waals surface area contributed by atoms with E-state index in [1.165, 1.54) is 21.7 Å². The second kappa shape index (κ2) is 6.12. The summed E-state index contributed by atoms with van der Waals surface area (Å²) in [5, 5.41) is 3.37. The van der Waals surface area contributed by atoms with Crippen LogP contribution < -0.4 is 5.73 Å². The molecule has 18 heavy (non-hydrogen) atoms. The van der Waals surface area contributed by atoms with Crippen molar-refractivity contribution in [3.63, 3.8) is 0 Å². The summed E-state index contributed by atoms with van der Waals surface area (Å²) >= 11 is 1.75. The minimum atomic E-state index is 0.773. The van der Waals surface area contributed by atoms with Gasteiger partial charge in [0.25, 0.3) is 0 Å². The number of aryl methyl sites for hydroxylation is 3. The van der Waals surface area contributed by atoms with E-state index in [-0.39, 0.29) is 0 Å². The topological polar surface area (TPSA) is 38.9 Å². The molecule has 1 heterocycles. The third-order valence-corrected chi connectivity index (χ3v) is 4.11. The smallest absolute Gasteiger partial charge is 0.0932 e. The molecule has 0 spiro atoms. The van der Waals surface area contributed by atoms with Crippen LogP contribution in [0.15, 0.2) is 23.6 Å². The van der Waals surface area contributed by atoms with Crippen molar-refractivity contribution < 1.29 is 0 Å². The van der Waals surface area contributed by atoms with Crippen molar-refractivity contribution in [3.05, 3.63) is 39.7 Å². The zero-order chi connectivity index (χ0) is 13.0. The van der Waals surface area contributed by atoms with Crippen LogP contribution in [0.3, 0.4) is 0 Å². The van der Waals surface area contributed by atoms with Gasteiger partial charge in [0.15, 0.2) is 0 Å². The molecule has 96 valence electrons. The summed E-state index contributed by atoms with van der Waals surface area (Å²) in [5.74, 6) is 0. The number of thiazole rings is 1. The van der Waals surface area contributed by atoms with Gasteiger partial charge in [-0.1, -0.05) is 12.1 Å². The van der Waals surface area contributed by atoms with Crippen LogP contribution in [0, 0.1) is 13.8 Å². The Morgan fingerprint density at radius 1 is 1.17 bits per heavy atom. The number of aromatic nitrogens is 1. The van der Waals surface area contributed by atoms with Gasteiger partial charge >= 0.3 is 0 Å². The van der Waals surface area contributed by atoms with Gasteiger partial charge in [0.2, 0.25) is 0 Å². The number of hydrogen-bond donors (Lipinski definition) is 1. The quantitative estimate of drug-likeness (QED) is 0.832. The van der Waals surface area contributed by atoms with Crippen LogP contribution in [0.1, 0.15) is 29.0 Å². The Morgan fingerprint density at radius 3 is 2.72 bits per heavy atom. The Balaban J connectivity index is 2.11. The number of rotatable bonds is 5. The van der Waals surface area contributed by atoms with Gasteiger partial charge in [0, 0.05) is 10.9 Å². The molecule has 0 radical (unpaired) electrons. The molecular formula is C15H20N2S. The SMILES string of the molecule is Cc1ccc(-c2csc(CCCCN)n2)cc1C. The summed E-state index contributed by atoms with van der Waals surface area (Å²) in [6.07, 6.45) is 3.27. The maximum Gasteiger partial charge on any atom is 0.0932 e. The molecule has 2 nitrogen and oxygen atoms in total. The van der Waals surface area contributed by atoms with Crippen molar-refractivity contribution in [2.75, 3.05) is 6.54 Å². The zero-order valence-electron chi connectivity index (χ0n) is 11.1. The highest BCUT2D eigenvalue weighted by Crippen LogP contribution is 2.24. The van der Waals surface area contributed by atoms with Gasteiger partial charge in [-0.25, -0.2) is 4.98 Å². The first kappa shape index (κ1) is 13.2. The first-order valence-electron chi connectivity index (χ1n) is 6.43. The van der Waals surface area contributed by atoms with E-state index in [2.05, 4.69) is 37.4 Å². The predicted molar refractivity (Wildman–Crippen MR) is 79.0 cm³/mol. The summed E-state index contributed by atoms with van der Waals surface area (Å²) < 4.78 is 0. The lowest BCUT2D eigenvalue weighted by atomic mass is 10.1. The van der Waals surface area contributed by atoms with E-state index in [1.807, 2.05) is 0 Å². The molecule has 0 aliphatic carbocycles. The Labute approximate surface area is 113 Å². The standard InChI is InChI=1S/C15H20N2S/c1-11-6-7-13(9-12(11)2)14-10-18-15(17-14)5-3-4-8-16/h6-7,9-10H,3-5,8,16H2,1-2H3. The zero-order valence-corrected chi connectivity index (χ0v) is 11.9. The van der Waals surface area contributed by atoms with Gasteiger partial charge < -0.3 is 5.73 Å². The molecule has 0 aliphatic rings. The van der Waals surface area contributed by atoms with Crippen molar-refractivity contribution in [2.24, 2.45) is 5.73 Å². The third kappa shape index (κ3) is 3.18. The highest BCUT2D eigenvalue weighted by molar-refractivity contribution is 7.09. The first-order chi connectivity index (χ1) is 8.70. The fourth-order valence-electron chi connectivity index (χ4n) is 1.88. The fourth-order valence-corrected chi connectivity index (χ4v) is 2.73. The Morgan fingerprint density at radius 2 is 2.00 bits per heavy atom. The molecule has 0 saturated heterocycles. The van der Waals surface area contributed by atoms with Crippen molar-refractivity contribution in [3.8, 4) is 11.3 Å². The molecule has 0 unspecified atom stereocenters. The molecule has 1 aromatic carbocycles. The molecule has 2 rings (SSSR count). The van der Waals surface area contributed by atoms with Gasteiger partial charge in [0.05, 0.1) is 10.7 Å². The normalized spacial score (nSPS) is 10.8. The van der Waals surface area contributed by atoms with Crippen LogP contribution in [-0.4, -0.2) is 11.5 Å². The van der Waals surface area contributed by atoms with Crippen LogP contribution >= 0.6 is 11.3 Å². The largest absolute Gasteiger partial charge is 0.330 e. The summed E-state index contributed by atoms with van der Waals surface area (Å²) in [7, 11) is 0. The van der Waals surface area contributed by atoms with Crippen molar-refractivity contribution in [1.82, 2.24) is 4.98 Å². The van der Waals surface area contributed by atoms with Crippen LogP contribution in [0.2, 0.25) is 0 Å². The monoisotopic (exact) mass is 260 g/mol. The number of benzene rings is 1. The van der Waals surface area contributed by atoms with E-state index in [4.69, 9.17) is 10.7 Å². The third-order valence-electron chi connectivity index (χ3n) is 3.20.